The molecule has 31 heavy (non-hydrogen) atoms. The average Bonchev–Trinajstić information content (AvgIpc) is 3.43. The zero-order valence-electron chi connectivity index (χ0n) is 17.7. The van der Waals surface area contributed by atoms with Crippen LogP contribution >= 0.6 is 23.2 Å². The number of halogens is 2. The Balaban J connectivity index is 1.27. The number of hydrogen-bond donors (Lipinski definition) is 1. The smallest absolute Gasteiger partial charge is 0.227 e. The summed E-state index contributed by atoms with van der Waals surface area (Å²) in [5, 5.41) is 4.47. The molecule has 1 aromatic heterocycles. The van der Waals surface area contributed by atoms with Crippen molar-refractivity contribution >= 4 is 34.9 Å². The van der Waals surface area contributed by atoms with Gasteiger partial charge >= 0.3 is 0 Å². The molecule has 2 fully saturated rings. The Labute approximate surface area is 192 Å². The van der Waals surface area contributed by atoms with Crippen LogP contribution in [0.4, 0.5) is 5.82 Å². The second-order valence-electron chi connectivity index (χ2n) is 8.85. The monoisotopic (exact) mass is 459 g/mol. The molecule has 1 unspecified atom stereocenters. The molecule has 3 atom stereocenters. The van der Waals surface area contributed by atoms with Crippen molar-refractivity contribution in [3.05, 3.63) is 51.4 Å². The van der Waals surface area contributed by atoms with Gasteiger partial charge in [-0.25, -0.2) is 9.97 Å². The van der Waals surface area contributed by atoms with Gasteiger partial charge in [0.05, 0.1) is 16.0 Å². The van der Waals surface area contributed by atoms with Crippen LogP contribution in [0.1, 0.15) is 42.0 Å². The maximum Gasteiger partial charge on any atom is 0.227 e. The van der Waals surface area contributed by atoms with Crippen LogP contribution in [0.5, 0.6) is 0 Å². The Morgan fingerprint density at radius 3 is 2.68 bits per heavy atom. The highest BCUT2D eigenvalue weighted by atomic mass is 35.5. The third-order valence-corrected chi connectivity index (χ3v) is 7.79. The van der Waals surface area contributed by atoms with Gasteiger partial charge in [-0.15, -0.1) is 0 Å². The first-order valence-electron chi connectivity index (χ1n) is 11.1. The van der Waals surface area contributed by atoms with Gasteiger partial charge in [-0.3, -0.25) is 4.79 Å². The molecule has 1 aromatic carbocycles. The number of rotatable bonds is 3. The summed E-state index contributed by atoms with van der Waals surface area (Å²) in [6.07, 6.45) is 3.87. The van der Waals surface area contributed by atoms with Crippen molar-refractivity contribution in [3.8, 4) is 0 Å². The van der Waals surface area contributed by atoms with E-state index in [0.717, 1.165) is 56.9 Å². The summed E-state index contributed by atoms with van der Waals surface area (Å²) in [6, 6.07) is 5.70. The van der Waals surface area contributed by atoms with Crippen molar-refractivity contribution in [2.24, 2.45) is 5.92 Å². The van der Waals surface area contributed by atoms with Crippen LogP contribution in [0.25, 0.3) is 0 Å². The molecule has 3 heterocycles. The van der Waals surface area contributed by atoms with E-state index in [2.05, 4.69) is 27.1 Å². The molecule has 1 aliphatic carbocycles. The van der Waals surface area contributed by atoms with Gasteiger partial charge in [0.2, 0.25) is 5.91 Å². The van der Waals surface area contributed by atoms with Gasteiger partial charge in [-0.05, 0) is 36.5 Å². The van der Waals surface area contributed by atoms with Crippen LogP contribution in [-0.2, 0) is 11.2 Å². The predicted octanol–water partition coefficient (Wildman–Crippen LogP) is 3.48. The van der Waals surface area contributed by atoms with Crippen LogP contribution in [-0.4, -0.2) is 60.0 Å². The Kier molecular flexibility index (Phi) is 5.80. The van der Waals surface area contributed by atoms with E-state index in [1.54, 1.807) is 6.33 Å². The van der Waals surface area contributed by atoms with Gasteiger partial charge in [0.1, 0.15) is 12.1 Å². The Morgan fingerprint density at radius 1 is 1.10 bits per heavy atom. The van der Waals surface area contributed by atoms with Crippen molar-refractivity contribution in [1.29, 1.82) is 0 Å². The van der Waals surface area contributed by atoms with Gasteiger partial charge < -0.3 is 15.1 Å². The van der Waals surface area contributed by atoms with Crippen molar-refractivity contribution in [3.63, 3.8) is 0 Å². The maximum absolute atomic E-state index is 13.4. The van der Waals surface area contributed by atoms with Crippen LogP contribution < -0.4 is 10.2 Å². The standard InChI is InChI=1S/C23H27Cl2N5O/c1-14-2-5-20-21(14)22(28-13-27-20)29-6-8-30(9-7-29)23(31)17-12-26-11-16(17)15-3-4-18(24)19(25)10-15/h3-4,10,13-14,16-17,26H,2,5-9,11-12H2,1H3/t14-,16-,17?/m1/s1. The van der Waals surface area contributed by atoms with E-state index in [4.69, 9.17) is 23.2 Å². The number of piperazine rings is 1. The molecule has 0 bridgehead atoms. The minimum absolute atomic E-state index is 0.0767. The lowest BCUT2D eigenvalue weighted by Crippen LogP contribution is -2.51. The lowest BCUT2D eigenvalue weighted by atomic mass is 9.88. The van der Waals surface area contributed by atoms with E-state index in [-0.39, 0.29) is 17.7 Å². The van der Waals surface area contributed by atoms with Crippen LogP contribution in [0.15, 0.2) is 24.5 Å². The summed E-state index contributed by atoms with van der Waals surface area (Å²) in [4.78, 5) is 26.8. The molecule has 1 amide bonds. The molecule has 2 saturated heterocycles. The summed E-state index contributed by atoms with van der Waals surface area (Å²) in [5.41, 5.74) is 3.57. The van der Waals surface area contributed by atoms with Crippen molar-refractivity contribution in [2.75, 3.05) is 44.2 Å². The van der Waals surface area contributed by atoms with Gasteiger partial charge in [0.25, 0.3) is 0 Å². The van der Waals surface area contributed by atoms with Crippen LogP contribution in [0, 0.1) is 5.92 Å². The Morgan fingerprint density at radius 2 is 1.90 bits per heavy atom. The highest BCUT2D eigenvalue weighted by Gasteiger charge is 2.38. The zero-order chi connectivity index (χ0) is 21.5. The second kappa shape index (κ2) is 8.57. The van der Waals surface area contributed by atoms with Gasteiger partial charge in [0, 0.05) is 56.4 Å². The van der Waals surface area contributed by atoms with Crippen molar-refractivity contribution in [2.45, 2.75) is 31.6 Å². The zero-order valence-corrected chi connectivity index (χ0v) is 19.2. The summed E-state index contributed by atoms with van der Waals surface area (Å²) in [5.74, 6) is 1.83. The minimum Gasteiger partial charge on any atom is -0.353 e. The van der Waals surface area contributed by atoms with Gasteiger partial charge in [-0.1, -0.05) is 36.2 Å². The lowest BCUT2D eigenvalue weighted by molar-refractivity contribution is -0.135. The molecule has 0 spiro atoms. The number of hydrogen-bond acceptors (Lipinski definition) is 5. The van der Waals surface area contributed by atoms with Gasteiger partial charge in [-0.2, -0.15) is 0 Å². The van der Waals surface area contributed by atoms with E-state index in [1.807, 2.05) is 23.1 Å². The molecule has 6 nitrogen and oxygen atoms in total. The predicted molar refractivity (Wildman–Crippen MR) is 123 cm³/mol. The fraction of sp³-hybridized carbons (Fsp3) is 0.522. The summed E-state index contributed by atoms with van der Waals surface area (Å²) < 4.78 is 0. The number of nitrogens with one attached hydrogen (secondary N) is 1. The molecule has 164 valence electrons. The van der Waals surface area contributed by atoms with E-state index < -0.39 is 0 Å². The fourth-order valence-electron chi connectivity index (χ4n) is 5.28. The first kappa shape index (κ1) is 21.0. The largest absolute Gasteiger partial charge is 0.353 e. The van der Waals surface area contributed by atoms with Crippen molar-refractivity contribution in [1.82, 2.24) is 20.2 Å². The molecule has 0 saturated carbocycles. The molecule has 0 radical (unpaired) electrons. The number of nitrogens with zero attached hydrogens (tertiary/aromatic N) is 4. The van der Waals surface area contributed by atoms with Crippen molar-refractivity contribution < 1.29 is 4.79 Å². The molecule has 3 aliphatic rings. The Bertz CT molecular complexity index is 992. The number of fused-ring (bicyclic) bond motifs is 1. The number of anilines is 1. The number of amides is 1. The molecule has 2 aromatic rings. The molecule has 8 heteroatoms. The van der Waals surface area contributed by atoms with Crippen LogP contribution in [0.3, 0.4) is 0 Å². The molecule has 1 N–H and O–H groups in total. The maximum atomic E-state index is 13.4. The highest BCUT2D eigenvalue weighted by molar-refractivity contribution is 6.42. The van der Waals surface area contributed by atoms with E-state index in [1.165, 1.54) is 11.3 Å². The number of carbonyl (C=O) groups is 1. The second-order valence-corrected chi connectivity index (χ2v) is 9.67. The molecular formula is C23H27Cl2N5O. The molecule has 5 rings (SSSR count). The topological polar surface area (TPSA) is 61.4 Å². The van der Waals surface area contributed by atoms with Gasteiger partial charge in [0.15, 0.2) is 0 Å². The third kappa shape index (κ3) is 3.90. The average molecular weight is 460 g/mol. The van der Waals surface area contributed by atoms with E-state index in [9.17, 15) is 4.79 Å². The summed E-state index contributed by atoms with van der Waals surface area (Å²) in [6.45, 7) is 6.78. The number of aromatic nitrogens is 2. The van der Waals surface area contributed by atoms with E-state index in [0.29, 0.717) is 22.5 Å². The third-order valence-electron chi connectivity index (χ3n) is 7.05. The number of carbonyl (C=O) groups excluding carboxylic acids is 1. The SMILES string of the molecule is C[C@@H]1CCc2ncnc(N3CCN(C(=O)C4CNC[C@@H]4c4ccc(Cl)c(Cl)c4)CC3)c21. The normalized spacial score (nSPS) is 25.7. The summed E-state index contributed by atoms with van der Waals surface area (Å²) in [7, 11) is 0. The highest BCUT2D eigenvalue weighted by Crippen LogP contribution is 2.38. The minimum atomic E-state index is -0.0767. The van der Waals surface area contributed by atoms with Crippen LogP contribution in [0.2, 0.25) is 10.0 Å². The lowest BCUT2D eigenvalue weighted by Gasteiger charge is -2.38. The summed E-state index contributed by atoms with van der Waals surface area (Å²) >= 11 is 12.3. The fourth-order valence-corrected chi connectivity index (χ4v) is 5.59. The van der Waals surface area contributed by atoms with E-state index >= 15 is 0 Å². The molecule has 2 aliphatic heterocycles. The first-order valence-corrected chi connectivity index (χ1v) is 11.8. The number of aryl methyl sites for hydroxylation is 1. The first-order chi connectivity index (χ1) is 15.0. The Hall–Kier alpha value is -1.89. The number of benzene rings is 1. The quantitative estimate of drug-likeness (QED) is 0.760. The molecular weight excluding hydrogens is 433 g/mol.